The first-order valence-corrected chi connectivity index (χ1v) is 26.4. The molecule has 4 aromatic rings. The lowest BCUT2D eigenvalue weighted by molar-refractivity contribution is 0.304. The van der Waals surface area contributed by atoms with E-state index >= 15 is 0 Å². The average Bonchev–Trinajstić information content (AvgIpc) is 3.15. The minimum Gasteiger partial charge on any atom is -0.493 e. The number of hydrogen-bond acceptors (Lipinski definition) is 4. The molecule has 60 heavy (non-hydrogen) atoms. The summed E-state index contributed by atoms with van der Waals surface area (Å²) in [5.41, 5.74) is 12.8. The van der Waals surface area contributed by atoms with E-state index in [9.17, 15) is 0 Å². The van der Waals surface area contributed by atoms with Gasteiger partial charge in [0.15, 0.2) is 0 Å². The molecule has 0 unspecified atom stereocenters. The number of hydrogen-bond donors (Lipinski definition) is 0. The van der Waals surface area contributed by atoms with E-state index in [1.165, 1.54) is 0 Å². The van der Waals surface area contributed by atoms with Crippen LogP contribution in [0, 0.1) is 0 Å². The highest BCUT2D eigenvalue weighted by atomic mass is 79.9. The second kappa shape index (κ2) is 24.8. The van der Waals surface area contributed by atoms with Gasteiger partial charge >= 0.3 is 0 Å². The van der Waals surface area contributed by atoms with Crippen LogP contribution >= 0.6 is 127 Å². The van der Waals surface area contributed by atoms with Crippen LogP contribution in [0.4, 0.5) is 0 Å². The summed E-state index contributed by atoms with van der Waals surface area (Å²) in [6.07, 6.45) is 14.2. The second-order valence-corrected chi connectivity index (χ2v) is 25.6. The van der Waals surface area contributed by atoms with Crippen molar-refractivity contribution in [3.63, 3.8) is 0 Å². The van der Waals surface area contributed by atoms with Crippen molar-refractivity contribution in [3.8, 4) is 23.0 Å². The van der Waals surface area contributed by atoms with Gasteiger partial charge in [-0.1, -0.05) is 27.7 Å². The van der Waals surface area contributed by atoms with E-state index in [0.717, 1.165) is 129 Å². The highest BCUT2D eigenvalue weighted by molar-refractivity contribution is 9.29. The largest absolute Gasteiger partial charge is 0.493 e. The van der Waals surface area contributed by atoms with Crippen LogP contribution in [-0.2, 0) is 25.7 Å². The van der Waals surface area contributed by atoms with Gasteiger partial charge in [-0.3, -0.25) is 0 Å². The minimum atomic E-state index is 0.578. The van der Waals surface area contributed by atoms with Gasteiger partial charge in [0.1, 0.15) is 23.0 Å². The van der Waals surface area contributed by atoms with Crippen LogP contribution in [0.5, 0.6) is 23.0 Å². The van der Waals surface area contributed by atoms with Crippen LogP contribution in [0.2, 0.25) is 0 Å². The molecule has 320 valence electrons. The summed E-state index contributed by atoms with van der Waals surface area (Å²) >= 11 is 29.2. The van der Waals surface area contributed by atoms with Crippen molar-refractivity contribution < 1.29 is 18.9 Å². The number of halogens is 8. The molecular weight excluding hydrogens is 1280 g/mol. The van der Waals surface area contributed by atoms with Gasteiger partial charge in [-0.15, -0.1) is 0 Å². The Kier molecular flexibility index (Phi) is 20.6. The van der Waals surface area contributed by atoms with E-state index in [0.29, 0.717) is 52.1 Å². The molecule has 0 N–H and O–H groups in total. The monoisotopic (exact) mass is 1320 g/mol. The second-order valence-electron chi connectivity index (χ2n) is 14.5. The van der Waals surface area contributed by atoms with Gasteiger partial charge in [-0.25, -0.2) is 0 Å². The lowest BCUT2D eigenvalue weighted by atomic mass is 9.88. The molecular formula is C48H48Br8O4. The Morgan fingerprint density at radius 1 is 0.350 bits per heavy atom. The van der Waals surface area contributed by atoms with E-state index in [-0.39, 0.29) is 0 Å². The standard InChI is InChI=1S/C48H48Br8O4/c1-5-9-57-45-33-13-29(21-41(49)50)14-34(45)26-36-16-31(23-43(53)54)18-38(47(36)59-11-7-3)28-40-20-32(24-44(55)56)19-39(48(40)60-12-8-4)27-37-17-30(22-42(51)52)15-35(25-33)46(37)58-10-6-2/h13-24H,5-12,25-28H2,1-4H3. The number of fused-ring (bicyclic) bond motifs is 8. The lowest BCUT2D eigenvalue weighted by Gasteiger charge is -2.24. The van der Waals surface area contributed by atoms with Gasteiger partial charge in [-0.05, 0) is 293 Å². The first-order chi connectivity index (χ1) is 28.8. The van der Waals surface area contributed by atoms with E-state index in [1.54, 1.807) is 0 Å². The maximum atomic E-state index is 6.82. The normalized spacial score (nSPS) is 11.9. The molecule has 0 saturated heterocycles. The third-order valence-electron chi connectivity index (χ3n) is 9.49. The molecule has 0 radical (unpaired) electrons. The van der Waals surface area contributed by atoms with Crippen LogP contribution in [0.15, 0.2) is 62.1 Å². The quantitative estimate of drug-likeness (QED) is 0.0987. The molecule has 1 aliphatic rings. The summed E-state index contributed by atoms with van der Waals surface area (Å²) in [6, 6.07) is 17.9. The first-order valence-electron chi connectivity index (χ1n) is 20.1. The summed E-state index contributed by atoms with van der Waals surface area (Å²) in [4.78, 5) is 0. The van der Waals surface area contributed by atoms with Crippen molar-refractivity contribution in [2.75, 3.05) is 26.4 Å². The van der Waals surface area contributed by atoms with Gasteiger partial charge in [0, 0.05) is 25.7 Å². The van der Waals surface area contributed by atoms with E-state index in [2.05, 4.69) is 228 Å². The molecule has 0 atom stereocenters. The molecule has 8 bridgehead atoms. The maximum Gasteiger partial charge on any atom is 0.126 e. The molecule has 0 heterocycles. The number of ether oxygens (including phenoxy) is 4. The summed E-state index contributed by atoms with van der Waals surface area (Å²) in [5.74, 6) is 3.56. The Morgan fingerprint density at radius 2 is 0.517 bits per heavy atom. The van der Waals surface area contributed by atoms with Gasteiger partial charge in [0.25, 0.3) is 0 Å². The smallest absolute Gasteiger partial charge is 0.126 e. The first kappa shape index (κ1) is 49.9. The lowest BCUT2D eigenvalue weighted by Crippen LogP contribution is -2.11. The Hall–Kier alpha value is -1.12. The van der Waals surface area contributed by atoms with Crippen molar-refractivity contribution in [2.24, 2.45) is 0 Å². The van der Waals surface area contributed by atoms with Crippen molar-refractivity contribution >= 4 is 152 Å². The fraction of sp³-hybridized carbons (Fsp3) is 0.333. The van der Waals surface area contributed by atoms with Gasteiger partial charge in [-0.2, -0.15) is 0 Å². The predicted octanol–water partition coefficient (Wildman–Crippen LogP) is 17.9. The summed E-state index contributed by atoms with van der Waals surface area (Å²) in [7, 11) is 0. The van der Waals surface area contributed by atoms with E-state index < -0.39 is 0 Å². The number of benzene rings is 4. The maximum absolute atomic E-state index is 6.82. The van der Waals surface area contributed by atoms with Crippen LogP contribution in [0.1, 0.15) is 120 Å². The Bertz CT molecular complexity index is 1850. The Labute approximate surface area is 423 Å². The Balaban J connectivity index is 2.00. The van der Waals surface area contributed by atoms with Crippen molar-refractivity contribution in [3.05, 3.63) is 129 Å². The molecule has 4 nitrogen and oxygen atoms in total. The van der Waals surface area contributed by atoms with Gasteiger partial charge in [0.2, 0.25) is 0 Å². The molecule has 4 aromatic carbocycles. The highest BCUT2D eigenvalue weighted by Gasteiger charge is 2.24. The SMILES string of the molecule is CCCOc1c2cc(C=C(Br)Br)cc1Cc1cc(C=C(Br)Br)cc(c1OCCC)Cc1cc(C=C(Br)Br)cc(c1OCCC)Cc1cc(C=C(Br)Br)cc(c1OCCC)C2. The fourth-order valence-electron chi connectivity index (χ4n) is 7.39. The van der Waals surface area contributed by atoms with Crippen LogP contribution in [0.25, 0.3) is 24.3 Å². The molecule has 1 aliphatic carbocycles. The number of rotatable bonds is 16. The van der Waals surface area contributed by atoms with E-state index in [1.807, 2.05) is 0 Å². The zero-order valence-corrected chi connectivity index (χ0v) is 46.8. The molecule has 0 amide bonds. The average molecular weight is 1330 g/mol. The van der Waals surface area contributed by atoms with Crippen LogP contribution in [0.3, 0.4) is 0 Å². The molecule has 0 aromatic heterocycles. The van der Waals surface area contributed by atoms with Crippen LogP contribution in [-0.4, -0.2) is 26.4 Å². The molecule has 12 heteroatoms. The summed E-state index contributed by atoms with van der Waals surface area (Å²) < 4.78 is 30.7. The third kappa shape index (κ3) is 14.4. The molecule has 0 aliphatic heterocycles. The van der Waals surface area contributed by atoms with Crippen molar-refractivity contribution in [1.82, 2.24) is 0 Å². The van der Waals surface area contributed by atoms with Crippen molar-refractivity contribution in [2.45, 2.75) is 79.1 Å². The molecule has 0 fully saturated rings. The van der Waals surface area contributed by atoms with Crippen molar-refractivity contribution in [1.29, 1.82) is 0 Å². The zero-order chi connectivity index (χ0) is 43.3. The zero-order valence-electron chi connectivity index (χ0n) is 34.1. The molecule has 0 saturated carbocycles. The van der Waals surface area contributed by atoms with Crippen LogP contribution < -0.4 is 18.9 Å². The summed E-state index contributed by atoms with van der Waals surface area (Å²) in [5, 5.41) is 0. The predicted molar refractivity (Wildman–Crippen MR) is 283 cm³/mol. The minimum absolute atomic E-state index is 0.578. The Morgan fingerprint density at radius 3 is 0.650 bits per heavy atom. The van der Waals surface area contributed by atoms with Gasteiger partial charge < -0.3 is 18.9 Å². The van der Waals surface area contributed by atoms with Gasteiger partial charge in [0.05, 0.1) is 40.0 Å². The molecule has 0 spiro atoms. The topological polar surface area (TPSA) is 36.9 Å². The van der Waals surface area contributed by atoms with E-state index in [4.69, 9.17) is 18.9 Å². The molecule has 5 rings (SSSR count). The summed E-state index contributed by atoms with van der Waals surface area (Å²) in [6.45, 7) is 10.9. The highest BCUT2D eigenvalue weighted by Crippen LogP contribution is 2.42. The third-order valence-corrected chi connectivity index (χ3v) is 11.3. The fourth-order valence-corrected chi connectivity index (χ4v) is 9.51.